The first kappa shape index (κ1) is 18.9. The fourth-order valence-electron chi connectivity index (χ4n) is 3.06. The fraction of sp³-hybridized carbons (Fsp3) is 0.529. The normalized spacial score (nSPS) is 21.5. The summed E-state index contributed by atoms with van der Waals surface area (Å²) in [4.78, 5) is 12.4. The molecule has 0 saturated carbocycles. The van der Waals surface area contributed by atoms with Crippen molar-refractivity contribution in [1.29, 1.82) is 0 Å². The summed E-state index contributed by atoms with van der Waals surface area (Å²) in [6, 6.07) is 5.75. The summed E-state index contributed by atoms with van der Waals surface area (Å²) >= 11 is 6.37. The number of nitrogens with zero attached hydrogens (tertiary/aromatic N) is 1. The molecule has 0 aliphatic carbocycles. The zero-order valence-corrected chi connectivity index (χ0v) is 16.2. The van der Waals surface area contributed by atoms with Crippen molar-refractivity contribution >= 4 is 33.2 Å². The van der Waals surface area contributed by atoms with Gasteiger partial charge in [-0.1, -0.05) is 24.6 Å². The second-order valence-corrected chi connectivity index (χ2v) is 9.08. The van der Waals surface area contributed by atoms with E-state index in [0.29, 0.717) is 12.3 Å². The van der Waals surface area contributed by atoms with E-state index in [1.165, 1.54) is 10.9 Å². The van der Waals surface area contributed by atoms with Crippen molar-refractivity contribution < 1.29 is 17.2 Å². The molecule has 0 amide bonds. The van der Waals surface area contributed by atoms with Crippen LogP contribution < -0.4 is 5.32 Å². The summed E-state index contributed by atoms with van der Waals surface area (Å²) in [5, 5.41) is 2.64. The molecule has 0 aromatic heterocycles. The van der Waals surface area contributed by atoms with E-state index in [1.807, 2.05) is 27.7 Å². The van der Waals surface area contributed by atoms with E-state index in [-0.39, 0.29) is 10.7 Å². The minimum Gasteiger partial charge on any atom is -0.295 e. The van der Waals surface area contributed by atoms with Crippen molar-refractivity contribution in [3.63, 3.8) is 0 Å². The van der Waals surface area contributed by atoms with Crippen molar-refractivity contribution in [3.05, 3.63) is 29.8 Å². The lowest BCUT2D eigenvalue weighted by atomic mass is 9.94. The number of amidine groups is 1. The van der Waals surface area contributed by atoms with Crippen LogP contribution in [-0.2, 0) is 14.8 Å². The van der Waals surface area contributed by atoms with Gasteiger partial charge in [0.15, 0.2) is 5.78 Å². The Balaban J connectivity index is 2.71. The highest BCUT2D eigenvalue weighted by molar-refractivity contribution is 7.85. The molecule has 0 unspecified atom stereocenters. The number of sulfonamides is 1. The van der Waals surface area contributed by atoms with Crippen LogP contribution in [-0.4, -0.2) is 41.0 Å². The quantitative estimate of drug-likeness (QED) is 0.637. The van der Waals surface area contributed by atoms with Crippen molar-refractivity contribution in [2.24, 2.45) is 0 Å². The maximum Gasteiger partial charge on any atom is 0.331 e. The molecule has 1 aromatic carbocycles. The van der Waals surface area contributed by atoms with Crippen molar-refractivity contribution in [1.82, 2.24) is 5.32 Å². The molecule has 2 atom stereocenters. The third-order valence-electron chi connectivity index (χ3n) is 4.22. The third-order valence-corrected chi connectivity index (χ3v) is 6.53. The molecule has 1 aliphatic heterocycles. The van der Waals surface area contributed by atoms with Gasteiger partial charge in [0.2, 0.25) is 6.04 Å². The van der Waals surface area contributed by atoms with Gasteiger partial charge in [0, 0.05) is 0 Å². The second kappa shape index (κ2) is 6.48. The predicted octanol–water partition coefficient (Wildman–Crippen LogP) is 2.45. The molecule has 7 heteroatoms. The van der Waals surface area contributed by atoms with Gasteiger partial charge in [-0.2, -0.15) is 8.42 Å². The third kappa shape index (κ3) is 3.22. The summed E-state index contributed by atoms with van der Waals surface area (Å²) in [7, 11) is -3.90. The van der Waals surface area contributed by atoms with E-state index >= 15 is 0 Å². The largest absolute Gasteiger partial charge is 0.331 e. The monoisotopic (exact) mass is 371 g/mol. The minimum atomic E-state index is -3.90. The van der Waals surface area contributed by atoms with Gasteiger partial charge in [-0.05, 0) is 46.2 Å². The first-order valence-electron chi connectivity index (χ1n) is 7.93. The highest BCUT2D eigenvalue weighted by Gasteiger charge is 2.56. The van der Waals surface area contributed by atoms with Crippen molar-refractivity contribution in [2.45, 2.75) is 62.9 Å². The van der Waals surface area contributed by atoms with Gasteiger partial charge in [0.1, 0.15) is 15.8 Å². The van der Waals surface area contributed by atoms with Crippen LogP contribution in [0.25, 0.3) is 0 Å². The number of hydrogen-bond donors (Lipinski definition) is 1. The number of ketones is 1. The maximum absolute atomic E-state index is 13.2. The summed E-state index contributed by atoms with van der Waals surface area (Å²) in [5.74, 6) is 0.142. The summed E-state index contributed by atoms with van der Waals surface area (Å²) in [6.45, 7) is 8.78. The first-order valence-corrected chi connectivity index (χ1v) is 9.80. The van der Waals surface area contributed by atoms with Crippen molar-refractivity contribution in [3.8, 4) is 0 Å². The molecule has 0 spiro atoms. The van der Waals surface area contributed by atoms with Gasteiger partial charge in [-0.15, -0.1) is 15.6 Å². The Morgan fingerprint density at radius 3 is 2.33 bits per heavy atom. The Hall–Kier alpha value is -1.40. The van der Waals surface area contributed by atoms with Crippen LogP contribution in [0.15, 0.2) is 29.2 Å². The minimum absolute atomic E-state index is 0.149. The highest BCUT2D eigenvalue weighted by atomic mass is 35.5. The number of halogens is 1. The van der Waals surface area contributed by atoms with Gasteiger partial charge >= 0.3 is 10.0 Å². The van der Waals surface area contributed by atoms with Crippen LogP contribution >= 0.6 is 11.6 Å². The molecule has 2 rings (SSSR count). The van der Waals surface area contributed by atoms with E-state index < -0.39 is 27.0 Å². The molecular weight excluding hydrogens is 348 g/mol. The smallest absolute Gasteiger partial charge is 0.295 e. The average Bonchev–Trinajstić information content (AvgIpc) is 2.79. The summed E-state index contributed by atoms with van der Waals surface area (Å²) in [6.07, 6.45) is 0.546. The lowest BCUT2D eigenvalue weighted by Gasteiger charge is -2.21. The number of hydrogen-bond acceptors (Lipinski definition) is 4. The Labute approximate surface area is 148 Å². The number of rotatable bonds is 5. The average molecular weight is 372 g/mol. The molecule has 1 heterocycles. The molecule has 0 saturated heterocycles. The van der Waals surface area contributed by atoms with Crippen LogP contribution in [0.5, 0.6) is 0 Å². The number of alkyl halides is 1. The lowest BCUT2D eigenvalue weighted by Crippen LogP contribution is -2.50. The van der Waals surface area contributed by atoms with E-state index in [2.05, 4.69) is 5.32 Å². The van der Waals surface area contributed by atoms with Crippen LogP contribution in [0.2, 0.25) is 0 Å². The molecule has 24 heavy (non-hydrogen) atoms. The molecule has 0 bridgehead atoms. The molecule has 5 nitrogen and oxygen atoms in total. The van der Waals surface area contributed by atoms with Crippen molar-refractivity contribution in [2.75, 3.05) is 0 Å². The number of Topliss-reactive ketones (excluding diaryl/α,β-unsaturated/α-hetero) is 1. The van der Waals surface area contributed by atoms with Gasteiger partial charge < -0.3 is 0 Å². The molecular formula is C17H24ClN2O3S+. The highest BCUT2D eigenvalue weighted by Crippen LogP contribution is 2.28. The Morgan fingerprint density at radius 2 is 1.88 bits per heavy atom. The van der Waals surface area contributed by atoms with Crippen LogP contribution in [0.1, 0.15) is 39.7 Å². The van der Waals surface area contributed by atoms with E-state index in [0.717, 1.165) is 5.56 Å². The summed E-state index contributed by atoms with van der Waals surface area (Å²) in [5.41, 5.74) is 0.228. The van der Waals surface area contributed by atoms with Gasteiger partial charge in [-0.25, -0.2) is 0 Å². The van der Waals surface area contributed by atoms with E-state index in [4.69, 9.17) is 11.6 Å². The number of benzene rings is 1. The van der Waals surface area contributed by atoms with Crippen LogP contribution in [0.3, 0.4) is 0 Å². The van der Waals surface area contributed by atoms with E-state index in [9.17, 15) is 13.2 Å². The Kier molecular flexibility index (Phi) is 5.11. The lowest BCUT2D eigenvalue weighted by molar-refractivity contribution is -0.399. The number of carbonyl (C=O) groups is 1. The number of nitrogens with one attached hydrogen (secondary N) is 1. The second-order valence-electron chi connectivity index (χ2n) is 6.73. The molecule has 1 N–H and O–H groups in total. The SMILES string of the molecule is CC[C@@H](Cl)C1=[N+](S(=O)(=O)c2ccc(C)cc2)[C@H](C(C)=O)C(C)(C)N1. The van der Waals surface area contributed by atoms with Gasteiger partial charge in [-0.3, -0.25) is 10.1 Å². The van der Waals surface area contributed by atoms with Gasteiger partial charge in [0.25, 0.3) is 5.84 Å². The molecule has 1 aliphatic rings. The Morgan fingerprint density at radius 1 is 1.33 bits per heavy atom. The first-order chi connectivity index (χ1) is 11.0. The predicted molar refractivity (Wildman–Crippen MR) is 95.2 cm³/mol. The van der Waals surface area contributed by atoms with Gasteiger partial charge in [0.05, 0.1) is 0 Å². The zero-order valence-electron chi connectivity index (χ0n) is 14.6. The summed E-state index contributed by atoms with van der Waals surface area (Å²) < 4.78 is 27.6. The zero-order chi connectivity index (χ0) is 18.3. The van der Waals surface area contributed by atoms with Crippen LogP contribution in [0, 0.1) is 6.92 Å². The molecule has 132 valence electrons. The topological polar surface area (TPSA) is 66.2 Å². The molecule has 0 fully saturated rings. The van der Waals surface area contributed by atoms with Crippen LogP contribution in [0.4, 0.5) is 0 Å². The molecule has 1 aromatic rings. The standard InChI is InChI=1S/C17H23ClN2O3S/c1-6-14(18)16-19-17(4,5)15(12(3)21)20(16)24(22,23)13-9-7-11(2)8-10-13/h7-10,14-15H,6H2,1-5H3/p+1/t14-,15-/m1/s1. The fourth-order valence-corrected chi connectivity index (χ4v) is 5.11. The maximum atomic E-state index is 13.2. The molecule has 0 radical (unpaired) electrons. The number of aryl methyl sites for hydroxylation is 1. The number of carbonyl (C=O) groups excluding carboxylic acids is 1. The van der Waals surface area contributed by atoms with E-state index in [1.54, 1.807) is 24.3 Å². The Bertz CT molecular complexity index is 783.